The average Bonchev–Trinajstić information content (AvgIpc) is 2.00. The van der Waals surface area contributed by atoms with Crippen molar-refractivity contribution in [1.29, 1.82) is 0 Å². The molecular weight excluding hydrogens is 142 g/mol. The van der Waals surface area contributed by atoms with Crippen LogP contribution in [0.5, 0.6) is 0 Å². The molecule has 3 nitrogen and oxygen atoms in total. The number of aliphatic carboxylic acids is 1. The van der Waals surface area contributed by atoms with Crippen molar-refractivity contribution in [3.05, 3.63) is 12.7 Å². The lowest BCUT2D eigenvalue weighted by atomic mass is 9.92. The van der Waals surface area contributed by atoms with Crippen molar-refractivity contribution >= 4 is 5.97 Å². The first-order valence-corrected chi connectivity index (χ1v) is 3.70. The lowest BCUT2D eigenvalue weighted by molar-refractivity contribution is -0.143. The van der Waals surface area contributed by atoms with E-state index in [9.17, 15) is 4.79 Å². The third kappa shape index (κ3) is 2.72. The van der Waals surface area contributed by atoms with E-state index in [0.29, 0.717) is 19.3 Å². The standard InChI is InChI=1S/C8H15NO2/c1-3-5-6-8(9,4-2)7(10)11/h3H,1,4-6,9H2,2H3,(H,10,11). The van der Waals surface area contributed by atoms with E-state index >= 15 is 0 Å². The Bertz CT molecular complexity index is 156. The molecule has 0 aliphatic rings. The monoisotopic (exact) mass is 157 g/mol. The van der Waals surface area contributed by atoms with E-state index in [-0.39, 0.29) is 0 Å². The van der Waals surface area contributed by atoms with Crippen LogP contribution >= 0.6 is 0 Å². The smallest absolute Gasteiger partial charge is 0.323 e. The molecule has 0 aliphatic heterocycles. The number of carbonyl (C=O) groups is 1. The highest BCUT2D eigenvalue weighted by molar-refractivity contribution is 5.78. The van der Waals surface area contributed by atoms with Crippen LogP contribution in [0.25, 0.3) is 0 Å². The molecule has 0 saturated carbocycles. The molecule has 0 saturated heterocycles. The molecule has 1 atom stereocenters. The Hall–Kier alpha value is -0.830. The molecule has 0 rings (SSSR count). The molecule has 0 aromatic carbocycles. The maximum Gasteiger partial charge on any atom is 0.323 e. The van der Waals surface area contributed by atoms with Crippen molar-refractivity contribution in [2.75, 3.05) is 0 Å². The molecule has 0 aromatic heterocycles. The van der Waals surface area contributed by atoms with Crippen LogP contribution in [0.3, 0.4) is 0 Å². The highest BCUT2D eigenvalue weighted by Crippen LogP contribution is 2.14. The van der Waals surface area contributed by atoms with Gasteiger partial charge in [0.1, 0.15) is 5.54 Å². The van der Waals surface area contributed by atoms with E-state index in [2.05, 4.69) is 6.58 Å². The number of carboxylic acid groups (broad SMARTS) is 1. The van der Waals surface area contributed by atoms with Gasteiger partial charge < -0.3 is 10.8 Å². The van der Waals surface area contributed by atoms with Crippen LogP contribution in [0.4, 0.5) is 0 Å². The number of rotatable bonds is 5. The molecule has 0 fully saturated rings. The Morgan fingerprint density at radius 2 is 2.36 bits per heavy atom. The van der Waals surface area contributed by atoms with Crippen LogP contribution < -0.4 is 5.73 Å². The van der Waals surface area contributed by atoms with Gasteiger partial charge in [-0.05, 0) is 19.3 Å². The zero-order valence-electron chi connectivity index (χ0n) is 6.84. The second-order valence-corrected chi connectivity index (χ2v) is 2.64. The van der Waals surface area contributed by atoms with Crippen LogP contribution in [0.1, 0.15) is 26.2 Å². The summed E-state index contributed by atoms with van der Waals surface area (Å²) in [6.07, 6.45) is 3.25. The molecule has 64 valence electrons. The molecule has 1 unspecified atom stereocenters. The Kier molecular flexibility index (Phi) is 3.82. The van der Waals surface area contributed by atoms with Gasteiger partial charge in [0, 0.05) is 0 Å². The van der Waals surface area contributed by atoms with E-state index in [1.165, 1.54) is 0 Å². The van der Waals surface area contributed by atoms with E-state index < -0.39 is 11.5 Å². The number of allylic oxidation sites excluding steroid dienone is 1. The molecule has 0 radical (unpaired) electrons. The summed E-state index contributed by atoms with van der Waals surface area (Å²) < 4.78 is 0. The first-order chi connectivity index (χ1) is 5.06. The normalized spacial score (nSPS) is 15.5. The van der Waals surface area contributed by atoms with Gasteiger partial charge in [0.25, 0.3) is 0 Å². The zero-order chi connectivity index (χ0) is 8.91. The Morgan fingerprint density at radius 3 is 2.64 bits per heavy atom. The Morgan fingerprint density at radius 1 is 1.82 bits per heavy atom. The van der Waals surface area contributed by atoms with Crippen molar-refractivity contribution in [1.82, 2.24) is 0 Å². The Balaban J connectivity index is 4.09. The lowest BCUT2D eigenvalue weighted by Crippen LogP contribution is -2.47. The highest BCUT2D eigenvalue weighted by Gasteiger charge is 2.30. The predicted octanol–water partition coefficient (Wildman–Crippen LogP) is 1.14. The van der Waals surface area contributed by atoms with Gasteiger partial charge in [0.2, 0.25) is 0 Å². The number of carboxylic acids is 1. The topological polar surface area (TPSA) is 63.3 Å². The summed E-state index contributed by atoms with van der Waals surface area (Å²) in [5.74, 6) is -0.929. The van der Waals surface area contributed by atoms with Crippen molar-refractivity contribution in [3.63, 3.8) is 0 Å². The van der Waals surface area contributed by atoms with Crippen molar-refractivity contribution in [3.8, 4) is 0 Å². The van der Waals surface area contributed by atoms with E-state index in [0.717, 1.165) is 0 Å². The van der Waals surface area contributed by atoms with Gasteiger partial charge in [0.05, 0.1) is 0 Å². The first kappa shape index (κ1) is 10.2. The average molecular weight is 157 g/mol. The number of hydrogen-bond donors (Lipinski definition) is 2. The summed E-state index contributed by atoms with van der Waals surface area (Å²) in [5.41, 5.74) is 4.52. The molecular formula is C8H15NO2. The molecule has 0 bridgehead atoms. The molecule has 0 aromatic rings. The minimum atomic E-state index is -1.06. The molecule has 11 heavy (non-hydrogen) atoms. The van der Waals surface area contributed by atoms with Gasteiger partial charge in [-0.25, -0.2) is 0 Å². The second kappa shape index (κ2) is 4.13. The molecule has 0 amide bonds. The van der Waals surface area contributed by atoms with Crippen molar-refractivity contribution in [2.24, 2.45) is 5.73 Å². The van der Waals surface area contributed by atoms with Crippen molar-refractivity contribution in [2.45, 2.75) is 31.7 Å². The molecule has 0 heterocycles. The largest absolute Gasteiger partial charge is 0.480 e. The SMILES string of the molecule is C=CCCC(N)(CC)C(=O)O. The summed E-state index contributed by atoms with van der Waals surface area (Å²) in [7, 11) is 0. The third-order valence-corrected chi connectivity index (χ3v) is 1.85. The molecule has 0 aliphatic carbocycles. The van der Waals surface area contributed by atoms with Crippen LogP contribution in [-0.4, -0.2) is 16.6 Å². The second-order valence-electron chi connectivity index (χ2n) is 2.64. The van der Waals surface area contributed by atoms with E-state index in [1.54, 1.807) is 13.0 Å². The fourth-order valence-electron chi connectivity index (χ4n) is 0.795. The van der Waals surface area contributed by atoms with Crippen molar-refractivity contribution < 1.29 is 9.90 Å². The first-order valence-electron chi connectivity index (χ1n) is 3.70. The van der Waals surface area contributed by atoms with Gasteiger partial charge in [-0.1, -0.05) is 13.0 Å². The van der Waals surface area contributed by atoms with Gasteiger partial charge in [0.15, 0.2) is 0 Å². The van der Waals surface area contributed by atoms with Gasteiger partial charge in [-0.3, -0.25) is 4.79 Å². The minimum Gasteiger partial charge on any atom is -0.480 e. The fraction of sp³-hybridized carbons (Fsp3) is 0.625. The maximum atomic E-state index is 10.6. The van der Waals surface area contributed by atoms with Gasteiger partial charge in [-0.15, -0.1) is 6.58 Å². The van der Waals surface area contributed by atoms with Gasteiger partial charge in [-0.2, -0.15) is 0 Å². The van der Waals surface area contributed by atoms with E-state index in [1.807, 2.05) is 0 Å². The van der Waals surface area contributed by atoms with Crippen LogP contribution in [0.2, 0.25) is 0 Å². The van der Waals surface area contributed by atoms with Crippen LogP contribution in [-0.2, 0) is 4.79 Å². The summed E-state index contributed by atoms with van der Waals surface area (Å²) >= 11 is 0. The number of nitrogens with two attached hydrogens (primary N) is 1. The quantitative estimate of drug-likeness (QED) is 0.588. The van der Waals surface area contributed by atoms with Crippen LogP contribution in [0, 0.1) is 0 Å². The molecule has 0 spiro atoms. The Labute approximate surface area is 66.9 Å². The summed E-state index contributed by atoms with van der Waals surface area (Å²) in [4.78, 5) is 10.6. The fourth-order valence-corrected chi connectivity index (χ4v) is 0.795. The third-order valence-electron chi connectivity index (χ3n) is 1.85. The highest BCUT2D eigenvalue weighted by atomic mass is 16.4. The number of hydrogen-bond acceptors (Lipinski definition) is 2. The molecule has 3 heteroatoms. The van der Waals surface area contributed by atoms with Crippen LogP contribution in [0.15, 0.2) is 12.7 Å². The summed E-state index contributed by atoms with van der Waals surface area (Å²) in [6.45, 7) is 5.28. The minimum absolute atomic E-state index is 0.455. The zero-order valence-corrected chi connectivity index (χ0v) is 6.84. The maximum absolute atomic E-state index is 10.6. The summed E-state index contributed by atoms with van der Waals surface area (Å²) in [5, 5.41) is 8.70. The lowest BCUT2D eigenvalue weighted by Gasteiger charge is -2.21. The van der Waals surface area contributed by atoms with Gasteiger partial charge >= 0.3 is 5.97 Å². The molecule has 3 N–H and O–H groups in total. The predicted molar refractivity (Wildman–Crippen MR) is 44.3 cm³/mol. The van der Waals surface area contributed by atoms with E-state index in [4.69, 9.17) is 10.8 Å². The summed E-state index contributed by atoms with van der Waals surface area (Å²) in [6, 6.07) is 0.